The number of likely N-dealkylation sites (N-methyl/N-ethyl adjacent to an activating group) is 1. The molecule has 1 aliphatic rings. The number of aromatic nitrogens is 1. The Morgan fingerprint density at radius 3 is 2.84 bits per heavy atom. The van der Waals surface area contributed by atoms with E-state index in [4.69, 9.17) is 0 Å². The van der Waals surface area contributed by atoms with E-state index in [1.165, 1.54) is 12.8 Å². The van der Waals surface area contributed by atoms with Gasteiger partial charge in [-0.15, -0.1) is 0 Å². The minimum atomic E-state index is -3.51. The molecule has 0 amide bonds. The van der Waals surface area contributed by atoms with Crippen molar-refractivity contribution in [3.05, 3.63) is 18.3 Å². The molecule has 1 aromatic heterocycles. The van der Waals surface area contributed by atoms with Crippen molar-refractivity contribution in [3.8, 4) is 0 Å². The number of hydrogen-bond acceptors (Lipinski definition) is 5. The highest BCUT2D eigenvalue weighted by Gasteiger charge is 2.26. The molecule has 2 N–H and O–H groups in total. The first-order valence-corrected chi connectivity index (χ1v) is 7.85. The zero-order chi connectivity index (χ0) is 13.9. The molecule has 0 unspecified atom stereocenters. The third-order valence-corrected chi connectivity index (χ3v) is 4.72. The molecule has 0 aromatic carbocycles. The minimum Gasteiger partial charge on any atom is -0.372 e. The Labute approximate surface area is 114 Å². The fourth-order valence-corrected chi connectivity index (χ4v) is 3.11. The molecule has 0 aliphatic heterocycles. The highest BCUT2D eigenvalue weighted by molar-refractivity contribution is 7.89. The Balaban J connectivity index is 1.97. The quantitative estimate of drug-likeness (QED) is 0.762. The van der Waals surface area contributed by atoms with Crippen LogP contribution in [0, 0.1) is 0 Å². The molecular formula is C12H20N4O2S. The summed E-state index contributed by atoms with van der Waals surface area (Å²) in [5, 5.41) is 2.79. The molecule has 0 bridgehead atoms. The van der Waals surface area contributed by atoms with Gasteiger partial charge >= 0.3 is 0 Å². The third kappa shape index (κ3) is 3.65. The van der Waals surface area contributed by atoms with E-state index in [-0.39, 0.29) is 4.90 Å². The first-order valence-electron chi connectivity index (χ1n) is 6.37. The Morgan fingerprint density at radius 2 is 2.21 bits per heavy atom. The van der Waals surface area contributed by atoms with Crippen LogP contribution in [0.5, 0.6) is 0 Å². The second-order valence-electron chi connectivity index (χ2n) is 4.71. The lowest BCUT2D eigenvalue weighted by molar-refractivity contribution is 0.329. The number of pyridine rings is 1. The molecule has 106 valence electrons. The van der Waals surface area contributed by atoms with Gasteiger partial charge in [0, 0.05) is 32.4 Å². The van der Waals surface area contributed by atoms with E-state index in [0.29, 0.717) is 18.4 Å². The molecule has 0 atom stereocenters. The minimum absolute atomic E-state index is 0.187. The van der Waals surface area contributed by atoms with E-state index in [0.717, 1.165) is 6.54 Å². The van der Waals surface area contributed by atoms with Crippen molar-refractivity contribution in [3.63, 3.8) is 0 Å². The van der Waals surface area contributed by atoms with Crippen LogP contribution in [0.4, 0.5) is 5.82 Å². The van der Waals surface area contributed by atoms with Gasteiger partial charge in [-0.2, -0.15) is 0 Å². The van der Waals surface area contributed by atoms with Crippen LogP contribution in [0.3, 0.4) is 0 Å². The van der Waals surface area contributed by atoms with Gasteiger partial charge in [0.1, 0.15) is 10.7 Å². The Hall–Kier alpha value is -1.18. The molecule has 7 heteroatoms. The average molecular weight is 284 g/mol. The summed E-state index contributed by atoms with van der Waals surface area (Å²) in [5.74, 6) is 0.366. The van der Waals surface area contributed by atoms with Crippen molar-refractivity contribution >= 4 is 15.8 Å². The van der Waals surface area contributed by atoms with Crippen molar-refractivity contribution in [2.24, 2.45) is 0 Å². The zero-order valence-corrected chi connectivity index (χ0v) is 12.1. The smallest absolute Gasteiger partial charge is 0.244 e. The lowest BCUT2D eigenvalue weighted by atomic mass is 10.5. The van der Waals surface area contributed by atoms with E-state index in [2.05, 4.69) is 19.9 Å². The Kier molecular flexibility index (Phi) is 4.38. The molecule has 0 radical (unpaired) electrons. The molecule has 0 saturated heterocycles. The summed E-state index contributed by atoms with van der Waals surface area (Å²) in [6, 6.07) is 3.80. The fraction of sp³-hybridized carbons (Fsp3) is 0.583. The maximum atomic E-state index is 12.2. The maximum Gasteiger partial charge on any atom is 0.244 e. The maximum absolute atomic E-state index is 12.2. The highest BCUT2D eigenvalue weighted by Crippen LogP contribution is 2.24. The topological polar surface area (TPSA) is 74.3 Å². The van der Waals surface area contributed by atoms with E-state index in [9.17, 15) is 8.42 Å². The molecule has 2 rings (SSSR count). The third-order valence-electron chi connectivity index (χ3n) is 3.22. The van der Waals surface area contributed by atoms with E-state index in [1.807, 2.05) is 7.05 Å². The van der Waals surface area contributed by atoms with Gasteiger partial charge in [0.05, 0.1) is 0 Å². The predicted molar refractivity (Wildman–Crippen MR) is 74.6 cm³/mol. The van der Waals surface area contributed by atoms with Crippen LogP contribution in [-0.2, 0) is 10.0 Å². The van der Waals surface area contributed by atoms with Crippen molar-refractivity contribution in [1.29, 1.82) is 0 Å². The van der Waals surface area contributed by atoms with Gasteiger partial charge < -0.3 is 10.2 Å². The molecule has 1 heterocycles. The van der Waals surface area contributed by atoms with Crippen LogP contribution in [0.15, 0.2) is 23.2 Å². The summed E-state index contributed by atoms with van der Waals surface area (Å²) in [7, 11) is 0.172. The van der Waals surface area contributed by atoms with Crippen molar-refractivity contribution in [2.75, 3.05) is 32.5 Å². The Bertz CT molecular complexity index is 528. The number of nitrogens with zero attached hydrogens (tertiary/aromatic N) is 2. The SMILES string of the molecule is CNc1ncccc1S(=O)(=O)NCCN(C)C1CC1. The van der Waals surface area contributed by atoms with Crippen LogP contribution in [-0.4, -0.2) is 51.5 Å². The van der Waals surface area contributed by atoms with Gasteiger partial charge in [-0.05, 0) is 32.0 Å². The summed E-state index contributed by atoms with van der Waals surface area (Å²) >= 11 is 0. The lowest BCUT2D eigenvalue weighted by Gasteiger charge is -2.16. The number of anilines is 1. The number of rotatable bonds is 7. The van der Waals surface area contributed by atoms with Crippen LogP contribution in [0.25, 0.3) is 0 Å². The summed E-state index contributed by atoms with van der Waals surface area (Å²) in [5.41, 5.74) is 0. The van der Waals surface area contributed by atoms with Gasteiger partial charge in [0.25, 0.3) is 0 Å². The van der Waals surface area contributed by atoms with Crippen LogP contribution in [0.1, 0.15) is 12.8 Å². The van der Waals surface area contributed by atoms with Gasteiger partial charge in [0.2, 0.25) is 10.0 Å². The molecule has 1 fully saturated rings. The molecule has 1 saturated carbocycles. The second-order valence-corrected chi connectivity index (χ2v) is 6.45. The van der Waals surface area contributed by atoms with Gasteiger partial charge in [-0.25, -0.2) is 18.1 Å². The first-order chi connectivity index (χ1) is 9.04. The van der Waals surface area contributed by atoms with Crippen molar-refractivity contribution in [1.82, 2.24) is 14.6 Å². The second kappa shape index (κ2) is 5.85. The Morgan fingerprint density at radius 1 is 1.47 bits per heavy atom. The normalized spacial score (nSPS) is 15.7. The highest BCUT2D eigenvalue weighted by atomic mass is 32.2. The van der Waals surface area contributed by atoms with Crippen molar-refractivity contribution < 1.29 is 8.42 Å². The van der Waals surface area contributed by atoms with Gasteiger partial charge in [0.15, 0.2) is 0 Å². The standard InChI is InChI=1S/C12H20N4O2S/c1-13-12-11(4-3-7-14-12)19(17,18)15-8-9-16(2)10-5-6-10/h3-4,7,10,15H,5-6,8-9H2,1-2H3,(H,13,14). The predicted octanol–water partition coefficient (Wildman–Crippen LogP) is 0.496. The van der Waals surface area contributed by atoms with Gasteiger partial charge in [-0.1, -0.05) is 0 Å². The van der Waals surface area contributed by atoms with Crippen LogP contribution < -0.4 is 10.0 Å². The van der Waals surface area contributed by atoms with Crippen LogP contribution in [0.2, 0.25) is 0 Å². The molecule has 6 nitrogen and oxygen atoms in total. The van der Waals surface area contributed by atoms with E-state index < -0.39 is 10.0 Å². The molecule has 0 spiro atoms. The fourth-order valence-electron chi connectivity index (χ4n) is 1.93. The van der Waals surface area contributed by atoms with Gasteiger partial charge in [-0.3, -0.25) is 0 Å². The molecule has 19 heavy (non-hydrogen) atoms. The molecule has 1 aromatic rings. The summed E-state index contributed by atoms with van der Waals surface area (Å²) < 4.78 is 27.0. The monoisotopic (exact) mass is 284 g/mol. The lowest BCUT2D eigenvalue weighted by Crippen LogP contribution is -2.34. The van der Waals surface area contributed by atoms with Crippen LogP contribution >= 0.6 is 0 Å². The molecular weight excluding hydrogens is 264 g/mol. The summed E-state index contributed by atoms with van der Waals surface area (Å²) in [6.45, 7) is 1.13. The zero-order valence-electron chi connectivity index (χ0n) is 11.3. The number of nitrogens with one attached hydrogen (secondary N) is 2. The first kappa shape index (κ1) is 14.2. The van der Waals surface area contributed by atoms with E-state index in [1.54, 1.807) is 25.4 Å². The summed E-state index contributed by atoms with van der Waals surface area (Å²) in [4.78, 5) is 6.38. The number of hydrogen-bond donors (Lipinski definition) is 2. The van der Waals surface area contributed by atoms with Crippen molar-refractivity contribution in [2.45, 2.75) is 23.8 Å². The number of sulfonamides is 1. The summed E-state index contributed by atoms with van der Waals surface area (Å²) in [6.07, 6.45) is 4.00. The average Bonchev–Trinajstić information content (AvgIpc) is 3.22. The largest absolute Gasteiger partial charge is 0.372 e. The van der Waals surface area contributed by atoms with E-state index >= 15 is 0 Å². The molecule has 1 aliphatic carbocycles.